The maximum absolute atomic E-state index is 12.4. The number of benzene rings is 1. The molecule has 6 nitrogen and oxygen atoms in total. The molecule has 0 aliphatic heterocycles. The van der Waals surface area contributed by atoms with E-state index in [0.717, 1.165) is 16.8 Å². The van der Waals surface area contributed by atoms with Crippen molar-refractivity contribution in [3.63, 3.8) is 0 Å². The minimum absolute atomic E-state index is 0.221. The zero-order chi connectivity index (χ0) is 17.5. The first kappa shape index (κ1) is 16.6. The van der Waals surface area contributed by atoms with Crippen LogP contribution in [0.4, 0.5) is 5.95 Å². The van der Waals surface area contributed by atoms with Crippen LogP contribution in [0.1, 0.15) is 27.3 Å². The normalized spacial score (nSPS) is 10.3. The Morgan fingerprint density at radius 3 is 2.44 bits per heavy atom. The minimum atomic E-state index is -0.221. The van der Waals surface area contributed by atoms with E-state index in [2.05, 4.69) is 25.6 Å². The molecule has 0 saturated heterocycles. The number of carbonyl (C=O) groups is 1. The Labute approximate surface area is 146 Å². The molecule has 0 saturated carbocycles. The van der Waals surface area contributed by atoms with E-state index >= 15 is 0 Å². The largest absolute Gasteiger partial charge is 0.350 e. The number of nitrogens with zero attached hydrogens (tertiary/aromatic N) is 3. The minimum Gasteiger partial charge on any atom is -0.350 e. The topological polar surface area (TPSA) is 79.8 Å². The van der Waals surface area contributed by atoms with Crippen molar-refractivity contribution in [3.8, 4) is 0 Å². The SMILES string of the molecule is Cc1cc(C(=O)NCc2ccccc2)nc(NCc2ccncc2)n1. The lowest BCUT2D eigenvalue weighted by Gasteiger charge is -2.09. The first-order chi connectivity index (χ1) is 12.2. The summed E-state index contributed by atoms with van der Waals surface area (Å²) in [6.45, 7) is 2.87. The Hall–Kier alpha value is -3.28. The van der Waals surface area contributed by atoms with Gasteiger partial charge in [0.15, 0.2) is 0 Å². The van der Waals surface area contributed by atoms with E-state index in [0.29, 0.717) is 24.7 Å². The number of carbonyl (C=O) groups excluding carboxylic acids is 1. The fourth-order valence-electron chi connectivity index (χ4n) is 2.31. The number of amides is 1. The van der Waals surface area contributed by atoms with Crippen molar-refractivity contribution in [2.45, 2.75) is 20.0 Å². The lowest BCUT2D eigenvalue weighted by molar-refractivity contribution is 0.0945. The monoisotopic (exact) mass is 333 g/mol. The summed E-state index contributed by atoms with van der Waals surface area (Å²) in [7, 11) is 0. The number of rotatable bonds is 6. The summed E-state index contributed by atoms with van der Waals surface area (Å²) in [6, 6.07) is 15.3. The highest BCUT2D eigenvalue weighted by Crippen LogP contribution is 2.08. The van der Waals surface area contributed by atoms with Crippen LogP contribution in [0.2, 0.25) is 0 Å². The predicted molar refractivity (Wildman–Crippen MR) is 95.9 cm³/mol. The van der Waals surface area contributed by atoms with Gasteiger partial charge in [-0.15, -0.1) is 0 Å². The molecule has 0 atom stereocenters. The quantitative estimate of drug-likeness (QED) is 0.725. The molecule has 1 amide bonds. The lowest BCUT2D eigenvalue weighted by Crippen LogP contribution is -2.24. The predicted octanol–water partition coefficient (Wildman–Crippen LogP) is 2.72. The zero-order valence-corrected chi connectivity index (χ0v) is 13.9. The van der Waals surface area contributed by atoms with Crippen molar-refractivity contribution in [3.05, 3.63) is 83.4 Å². The van der Waals surface area contributed by atoms with E-state index in [1.807, 2.05) is 49.4 Å². The highest BCUT2D eigenvalue weighted by molar-refractivity contribution is 5.92. The van der Waals surface area contributed by atoms with E-state index in [-0.39, 0.29) is 5.91 Å². The van der Waals surface area contributed by atoms with Gasteiger partial charge < -0.3 is 10.6 Å². The van der Waals surface area contributed by atoms with E-state index in [9.17, 15) is 4.79 Å². The summed E-state index contributed by atoms with van der Waals surface area (Å²) in [6.07, 6.45) is 3.47. The van der Waals surface area contributed by atoms with Crippen LogP contribution in [0.25, 0.3) is 0 Å². The smallest absolute Gasteiger partial charge is 0.270 e. The molecule has 2 aromatic heterocycles. The molecule has 2 heterocycles. The van der Waals surface area contributed by atoms with E-state index in [4.69, 9.17) is 0 Å². The van der Waals surface area contributed by atoms with Crippen molar-refractivity contribution < 1.29 is 4.79 Å². The van der Waals surface area contributed by atoms with Crippen LogP contribution in [-0.4, -0.2) is 20.9 Å². The third-order valence-corrected chi connectivity index (χ3v) is 3.58. The molecule has 3 rings (SSSR count). The van der Waals surface area contributed by atoms with Crippen LogP contribution in [0.15, 0.2) is 60.9 Å². The zero-order valence-electron chi connectivity index (χ0n) is 13.9. The Bertz CT molecular complexity index is 837. The van der Waals surface area contributed by atoms with Gasteiger partial charge in [0.1, 0.15) is 5.69 Å². The summed E-state index contributed by atoms with van der Waals surface area (Å²) in [4.78, 5) is 25.0. The summed E-state index contributed by atoms with van der Waals surface area (Å²) in [5.74, 6) is 0.211. The Balaban J connectivity index is 1.65. The third kappa shape index (κ3) is 4.84. The van der Waals surface area contributed by atoms with Crippen LogP contribution >= 0.6 is 0 Å². The van der Waals surface area contributed by atoms with Gasteiger partial charge in [0.05, 0.1) is 0 Å². The number of aromatic nitrogens is 3. The Morgan fingerprint density at radius 2 is 1.68 bits per heavy atom. The van der Waals surface area contributed by atoms with Gasteiger partial charge in [0.2, 0.25) is 5.95 Å². The van der Waals surface area contributed by atoms with Gasteiger partial charge in [-0.1, -0.05) is 30.3 Å². The molecule has 6 heteroatoms. The molecule has 0 fully saturated rings. The average molecular weight is 333 g/mol. The molecule has 0 aliphatic rings. The van der Waals surface area contributed by atoms with Gasteiger partial charge in [0.25, 0.3) is 5.91 Å². The maximum atomic E-state index is 12.4. The van der Waals surface area contributed by atoms with Gasteiger partial charge in [-0.3, -0.25) is 9.78 Å². The number of anilines is 1. The van der Waals surface area contributed by atoms with Crippen LogP contribution < -0.4 is 10.6 Å². The van der Waals surface area contributed by atoms with Crippen molar-refractivity contribution in [2.75, 3.05) is 5.32 Å². The molecule has 0 spiro atoms. The van der Waals surface area contributed by atoms with Crippen molar-refractivity contribution in [1.29, 1.82) is 0 Å². The molecule has 3 aromatic rings. The molecular formula is C19H19N5O. The number of pyridine rings is 1. The summed E-state index contributed by atoms with van der Waals surface area (Å²) < 4.78 is 0. The standard InChI is InChI=1S/C19H19N5O/c1-14-11-17(18(25)21-12-15-5-3-2-4-6-15)24-19(23-14)22-13-16-7-9-20-10-8-16/h2-11H,12-13H2,1H3,(H,21,25)(H,22,23,24). The molecule has 2 N–H and O–H groups in total. The first-order valence-corrected chi connectivity index (χ1v) is 8.01. The molecular weight excluding hydrogens is 314 g/mol. The molecule has 1 aromatic carbocycles. The van der Waals surface area contributed by atoms with Crippen LogP contribution in [-0.2, 0) is 13.1 Å². The first-order valence-electron chi connectivity index (χ1n) is 8.01. The number of hydrogen-bond donors (Lipinski definition) is 2. The average Bonchev–Trinajstić information content (AvgIpc) is 2.66. The highest BCUT2D eigenvalue weighted by atomic mass is 16.1. The number of hydrogen-bond acceptors (Lipinski definition) is 5. The molecule has 0 unspecified atom stereocenters. The van der Waals surface area contributed by atoms with Crippen LogP contribution in [0, 0.1) is 6.92 Å². The maximum Gasteiger partial charge on any atom is 0.270 e. The number of aryl methyl sites for hydroxylation is 1. The summed E-state index contributed by atoms with van der Waals surface area (Å²) in [5, 5.41) is 6.02. The van der Waals surface area contributed by atoms with Crippen molar-refractivity contribution in [2.24, 2.45) is 0 Å². The lowest BCUT2D eigenvalue weighted by atomic mass is 10.2. The van der Waals surface area contributed by atoms with Gasteiger partial charge in [-0.25, -0.2) is 9.97 Å². The van der Waals surface area contributed by atoms with Crippen LogP contribution in [0.5, 0.6) is 0 Å². The second-order valence-electron chi connectivity index (χ2n) is 5.60. The van der Waals surface area contributed by atoms with Gasteiger partial charge in [-0.05, 0) is 36.2 Å². The van der Waals surface area contributed by atoms with Crippen molar-refractivity contribution in [1.82, 2.24) is 20.3 Å². The highest BCUT2D eigenvalue weighted by Gasteiger charge is 2.10. The molecule has 25 heavy (non-hydrogen) atoms. The van der Waals surface area contributed by atoms with Crippen molar-refractivity contribution >= 4 is 11.9 Å². The summed E-state index contributed by atoms with van der Waals surface area (Å²) >= 11 is 0. The van der Waals surface area contributed by atoms with Gasteiger partial charge in [-0.2, -0.15) is 0 Å². The summed E-state index contributed by atoms with van der Waals surface area (Å²) in [5.41, 5.74) is 3.19. The second kappa shape index (κ2) is 8.01. The van der Waals surface area contributed by atoms with E-state index < -0.39 is 0 Å². The van der Waals surface area contributed by atoms with Gasteiger partial charge >= 0.3 is 0 Å². The van der Waals surface area contributed by atoms with E-state index in [1.54, 1.807) is 18.5 Å². The fourth-order valence-corrected chi connectivity index (χ4v) is 2.31. The van der Waals surface area contributed by atoms with Gasteiger partial charge in [0, 0.05) is 31.2 Å². The second-order valence-corrected chi connectivity index (χ2v) is 5.60. The molecule has 0 radical (unpaired) electrons. The Morgan fingerprint density at radius 1 is 0.960 bits per heavy atom. The Kier molecular flexibility index (Phi) is 5.31. The molecule has 0 aliphatic carbocycles. The van der Waals surface area contributed by atoms with Crippen LogP contribution in [0.3, 0.4) is 0 Å². The third-order valence-electron chi connectivity index (χ3n) is 3.58. The number of nitrogens with one attached hydrogen (secondary N) is 2. The van der Waals surface area contributed by atoms with E-state index in [1.165, 1.54) is 0 Å². The molecule has 126 valence electrons. The molecule has 0 bridgehead atoms. The fraction of sp³-hybridized carbons (Fsp3) is 0.158.